The number of allylic oxidation sites excluding steroid dienone is 4. The molecular weight excluding hydrogens is 612 g/mol. The zero-order valence-electron chi connectivity index (χ0n) is 32.1. The number of carbonyl (C=O) groups is 2. The zero-order chi connectivity index (χ0) is 35.6. The molecule has 1 N–H and O–H groups in total. The number of unbranched alkanes of at least 4 members (excludes halogenated alkanes) is 17. The van der Waals surface area contributed by atoms with Crippen molar-refractivity contribution in [1.82, 2.24) is 0 Å². The van der Waals surface area contributed by atoms with E-state index in [1.165, 1.54) is 103 Å². The van der Waals surface area contributed by atoms with E-state index in [9.17, 15) is 14.7 Å². The van der Waals surface area contributed by atoms with Gasteiger partial charge in [-0.2, -0.15) is 0 Å². The molecule has 49 heavy (non-hydrogen) atoms. The van der Waals surface area contributed by atoms with Gasteiger partial charge in [-0.05, 0) is 57.3 Å². The molecule has 1 fully saturated rings. The summed E-state index contributed by atoms with van der Waals surface area (Å²) < 4.78 is 16.3. The Morgan fingerprint density at radius 3 is 1.73 bits per heavy atom. The van der Waals surface area contributed by atoms with Gasteiger partial charge in [-0.25, -0.2) is 0 Å². The van der Waals surface area contributed by atoms with Crippen LogP contribution in [-0.4, -0.2) is 48.6 Å². The monoisotopic (exact) mass is 689 g/mol. The van der Waals surface area contributed by atoms with Gasteiger partial charge in [-0.3, -0.25) is 9.59 Å². The van der Waals surface area contributed by atoms with E-state index in [4.69, 9.17) is 14.2 Å². The van der Waals surface area contributed by atoms with Crippen LogP contribution in [0.2, 0.25) is 0 Å². The molecule has 1 rings (SSSR count). The van der Waals surface area contributed by atoms with Crippen LogP contribution in [0, 0.1) is 5.92 Å². The van der Waals surface area contributed by atoms with Crippen molar-refractivity contribution in [3.05, 3.63) is 36.5 Å². The van der Waals surface area contributed by atoms with Crippen molar-refractivity contribution < 1.29 is 28.9 Å². The Bertz CT molecular complexity index is 862. The molecule has 0 aromatic heterocycles. The Morgan fingerprint density at radius 1 is 0.633 bits per heavy atom. The van der Waals surface area contributed by atoms with Crippen LogP contribution in [0.4, 0.5) is 0 Å². The van der Waals surface area contributed by atoms with E-state index >= 15 is 0 Å². The second kappa shape index (κ2) is 33.2. The number of rotatable bonds is 35. The van der Waals surface area contributed by atoms with Crippen molar-refractivity contribution in [2.45, 2.75) is 206 Å². The first-order valence-corrected chi connectivity index (χ1v) is 20.5. The summed E-state index contributed by atoms with van der Waals surface area (Å²) in [6.45, 7) is 6.41. The molecule has 0 radical (unpaired) electrons. The van der Waals surface area contributed by atoms with Gasteiger partial charge in [0.25, 0.3) is 0 Å². The maximum atomic E-state index is 12.2. The molecule has 0 saturated carbocycles. The maximum Gasteiger partial charge on any atom is 0.306 e. The van der Waals surface area contributed by atoms with E-state index < -0.39 is 6.10 Å². The molecule has 1 heterocycles. The number of carbonyl (C=O) groups excluding carboxylic acids is 2. The third-order valence-corrected chi connectivity index (χ3v) is 9.27. The molecule has 0 aromatic rings. The minimum Gasteiger partial charge on any atom is -0.462 e. The Balaban J connectivity index is 1.91. The number of epoxide rings is 1. The molecule has 1 aliphatic heterocycles. The highest BCUT2D eigenvalue weighted by Gasteiger charge is 2.35. The Kier molecular flexibility index (Phi) is 30.6. The van der Waals surface area contributed by atoms with Crippen LogP contribution in [-0.2, 0) is 23.8 Å². The lowest BCUT2D eigenvalue weighted by molar-refractivity contribution is -0.161. The van der Waals surface area contributed by atoms with Gasteiger partial charge in [0.05, 0.1) is 18.8 Å². The lowest BCUT2D eigenvalue weighted by atomic mass is 10.0. The van der Waals surface area contributed by atoms with Crippen LogP contribution in [0.1, 0.15) is 188 Å². The first-order valence-electron chi connectivity index (χ1n) is 20.5. The summed E-state index contributed by atoms with van der Waals surface area (Å²) in [6.07, 6.45) is 42.4. The van der Waals surface area contributed by atoms with Crippen LogP contribution in [0.25, 0.3) is 0 Å². The summed E-state index contributed by atoms with van der Waals surface area (Å²) in [5.74, 6) is 0.185. The summed E-state index contributed by atoms with van der Waals surface area (Å²) in [7, 11) is 0. The standard InChI is InChI=1S/C43H76O6/c1-4-5-6-7-8-15-19-22-27-32-40-41(49-40)33-28-24-25-29-34-42(45)47-37-39(36-44)48-43(46)35-30-23-20-17-14-12-10-9-11-13-16-18-21-26-31-38(2)3/h8,15,22,24,27-28,38-41,44H,4-7,9-14,16-21,23,25-26,29-37H2,1-3H3/b15-8-,27-22-,28-24-/t39-,40?,41?/m0/s1. The summed E-state index contributed by atoms with van der Waals surface area (Å²) in [6, 6.07) is 0. The second-order valence-electron chi connectivity index (χ2n) is 14.6. The quantitative estimate of drug-likeness (QED) is 0.0309. The minimum atomic E-state index is -0.797. The van der Waals surface area contributed by atoms with Crippen LogP contribution >= 0.6 is 0 Å². The SMILES string of the molecule is CCCCC/C=C\C/C=C\CC1OC1C/C=C\CCCC(=O)OC[C@H](CO)OC(=O)CCCCCCCCCCCCCCCCC(C)C. The molecule has 1 saturated heterocycles. The lowest BCUT2D eigenvalue weighted by Crippen LogP contribution is -2.28. The Hall–Kier alpha value is -1.92. The molecule has 0 aliphatic carbocycles. The van der Waals surface area contributed by atoms with E-state index in [1.54, 1.807) is 0 Å². The number of hydrogen-bond donors (Lipinski definition) is 1. The number of aliphatic hydroxyl groups is 1. The fraction of sp³-hybridized carbons (Fsp3) is 0.814. The Morgan fingerprint density at radius 2 is 1.14 bits per heavy atom. The smallest absolute Gasteiger partial charge is 0.306 e. The molecule has 6 nitrogen and oxygen atoms in total. The molecule has 1 aliphatic rings. The highest BCUT2D eigenvalue weighted by Crippen LogP contribution is 2.29. The Labute approximate surface area is 301 Å². The molecule has 0 amide bonds. The van der Waals surface area contributed by atoms with E-state index in [1.807, 2.05) is 0 Å². The van der Waals surface area contributed by atoms with E-state index in [0.29, 0.717) is 31.5 Å². The fourth-order valence-corrected chi connectivity index (χ4v) is 6.01. The van der Waals surface area contributed by atoms with Gasteiger partial charge < -0.3 is 19.3 Å². The molecule has 284 valence electrons. The van der Waals surface area contributed by atoms with Gasteiger partial charge in [0.15, 0.2) is 6.10 Å². The third-order valence-electron chi connectivity index (χ3n) is 9.27. The predicted molar refractivity (Wildman–Crippen MR) is 205 cm³/mol. The first kappa shape index (κ1) is 45.1. The van der Waals surface area contributed by atoms with Crippen LogP contribution in [0.15, 0.2) is 36.5 Å². The summed E-state index contributed by atoms with van der Waals surface area (Å²) in [5.41, 5.74) is 0. The van der Waals surface area contributed by atoms with Gasteiger partial charge in [-0.15, -0.1) is 0 Å². The molecular formula is C43H76O6. The lowest BCUT2D eigenvalue weighted by Gasteiger charge is -2.15. The van der Waals surface area contributed by atoms with Crippen LogP contribution < -0.4 is 0 Å². The van der Waals surface area contributed by atoms with E-state index in [0.717, 1.165) is 50.9 Å². The van der Waals surface area contributed by atoms with Crippen molar-refractivity contribution in [3.63, 3.8) is 0 Å². The van der Waals surface area contributed by atoms with Crippen molar-refractivity contribution in [2.75, 3.05) is 13.2 Å². The van der Waals surface area contributed by atoms with Gasteiger partial charge in [0.1, 0.15) is 6.61 Å². The number of ether oxygens (including phenoxy) is 3. The molecule has 6 heteroatoms. The summed E-state index contributed by atoms with van der Waals surface area (Å²) in [5, 5.41) is 9.57. The number of esters is 2. The molecule has 0 bridgehead atoms. The molecule has 0 aromatic carbocycles. The van der Waals surface area contributed by atoms with Gasteiger partial charge >= 0.3 is 11.9 Å². The average molecular weight is 689 g/mol. The van der Waals surface area contributed by atoms with Crippen LogP contribution in [0.5, 0.6) is 0 Å². The van der Waals surface area contributed by atoms with E-state index in [-0.39, 0.29) is 25.2 Å². The number of hydrogen-bond acceptors (Lipinski definition) is 6. The molecule has 0 spiro atoms. The summed E-state index contributed by atoms with van der Waals surface area (Å²) >= 11 is 0. The first-order chi connectivity index (χ1) is 24.0. The van der Waals surface area contributed by atoms with Crippen molar-refractivity contribution in [2.24, 2.45) is 5.92 Å². The van der Waals surface area contributed by atoms with Crippen molar-refractivity contribution in [3.8, 4) is 0 Å². The normalized spacial score (nSPS) is 16.8. The predicted octanol–water partition coefficient (Wildman–Crippen LogP) is 11.7. The second-order valence-corrected chi connectivity index (χ2v) is 14.6. The fourth-order valence-electron chi connectivity index (χ4n) is 6.01. The van der Waals surface area contributed by atoms with E-state index in [2.05, 4.69) is 57.2 Å². The van der Waals surface area contributed by atoms with Crippen molar-refractivity contribution >= 4 is 11.9 Å². The average Bonchev–Trinajstić information content (AvgIpc) is 3.84. The van der Waals surface area contributed by atoms with Gasteiger partial charge in [-0.1, -0.05) is 160 Å². The largest absolute Gasteiger partial charge is 0.462 e. The zero-order valence-corrected chi connectivity index (χ0v) is 32.1. The highest BCUT2D eigenvalue weighted by atomic mass is 16.6. The molecule has 3 atom stereocenters. The van der Waals surface area contributed by atoms with Crippen LogP contribution in [0.3, 0.4) is 0 Å². The van der Waals surface area contributed by atoms with Gasteiger partial charge in [0, 0.05) is 12.8 Å². The third kappa shape index (κ3) is 30.6. The van der Waals surface area contributed by atoms with Gasteiger partial charge in [0.2, 0.25) is 0 Å². The molecule has 2 unspecified atom stereocenters. The highest BCUT2D eigenvalue weighted by molar-refractivity contribution is 5.70. The maximum absolute atomic E-state index is 12.2. The summed E-state index contributed by atoms with van der Waals surface area (Å²) in [4.78, 5) is 24.3. The topological polar surface area (TPSA) is 85.4 Å². The van der Waals surface area contributed by atoms with Crippen molar-refractivity contribution in [1.29, 1.82) is 0 Å². The number of aliphatic hydroxyl groups excluding tert-OH is 1. The minimum absolute atomic E-state index is 0.0979.